The molecule has 1 aliphatic carbocycles. The van der Waals surface area contributed by atoms with Crippen LogP contribution in [-0.2, 0) is 6.54 Å². The Morgan fingerprint density at radius 3 is 2.82 bits per heavy atom. The fourth-order valence-corrected chi connectivity index (χ4v) is 2.97. The van der Waals surface area contributed by atoms with E-state index in [1.165, 1.54) is 24.3 Å². The SMILES string of the molecule is O=C(NCc1nnc2c(-c3nc(C4CC4)no3)cccn12)c1ccc(F)cc1. The molecule has 4 aromatic rings. The molecule has 0 spiro atoms. The lowest BCUT2D eigenvalue weighted by Crippen LogP contribution is -2.24. The van der Waals surface area contributed by atoms with Gasteiger partial charge in [0.05, 0.1) is 12.1 Å². The number of rotatable bonds is 5. The van der Waals surface area contributed by atoms with E-state index in [-0.39, 0.29) is 12.5 Å². The van der Waals surface area contributed by atoms with Crippen LogP contribution < -0.4 is 5.32 Å². The predicted octanol–water partition coefficient (Wildman–Crippen LogP) is 2.73. The molecule has 0 bridgehead atoms. The first kappa shape index (κ1) is 16.5. The van der Waals surface area contributed by atoms with Gasteiger partial charge < -0.3 is 9.84 Å². The van der Waals surface area contributed by atoms with Crippen molar-refractivity contribution in [1.82, 2.24) is 30.1 Å². The van der Waals surface area contributed by atoms with Gasteiger partial charge in [-0.25, -0.2) is 4.39 Å². The maximum Gasteiger partial charge on any atom is 0.261 e. The van der Waals surface area contributed by atoms with Gasteiger partial charge in [0.25, 0.3) is 11.8 Å². The molecule has 0 radical (unpaired) electrons. The Balaban J connectivity index is 1.38. The van der Waals surface area contributed by atoms with Crippen LogP contribution in [0.5, 0.6) is 0 Å². The van der Waals surface area contributed by atoms with Crippen molar-refractivity contribution < 1.29 is 13.7 Å². The first-order chi connectivity index (χ1) is 13.7. The van der Waals surface area contributed by atoms with Gasteiger partial charge in [0.15, 0.2) is 17.3 Å². The average Bonchev–Trinajstić information content (AvgIpc) is 3.30. The summed E-state index contributed by atoms with van der Waals surface area (Å²) in [5.41, 5.74) is 1.62. The standard InChI is InChI=1S/C19H15FN6O2/c20-13-7-5-12(6-8-13)18(27)21-10-15-23-24-17-14(2-1-9-26(15)17)19-22-16(25-28-19)11-3-4-11/h1-2,5-9,11H,3-4,10H2,(H,21,27). The molecule has 0 unspecified atom stereocenters. The molecule has 1 N–H and O–H groups in total. The van der Waals surface area contributed by atoms with Crippen LogP contribution in [0.25, 0.3) is 17.1 Å². The number of amides is 1. The number of halogens is 1. The molecule has 1 fully saturated rings. The second kappa shape index (κ2) is 6.52. The van der Waals surface area contributed by atoms with Crippen molar-refractivity contribution in [2.45, 2.75) is 25.3 Å². The third kappa shape index (κ3) is 3.00. The maximum absolute atomic E-state index is 13.0. The number of nitrogens with zero attached hydrogens (tertiary/aromatic N) is 5. The monoisotopic (exact) mass is 378 g/mol. The summed E-state index contributed by atoms with van der Waals surface area (Å²) in [5.74, 6) is 1.36. The van der Waals surface area contributed by atoms with Crippen LogP contribution in [0.4, 0.5) is 4.39 Å². The number of carbonyl (C=O) groups excluding carboxylic acids is 1. The van der Waals surface area contributed by atoms with Gasteiger partial charge in [0.1, 0.15) is 5.82 Å². The lowest BCUT2D eigenvalue weighted by Gasteiger charge is -2.05. The topological polar surface area (TPSA) is 98.2 Å². The molecule has 3 aromatic heterocycles. The molecule has 1 amide bonds. The van der Waals surface area contributed by atoms with E-state index in [0.717, 1.165) is 18.7 Å². The summed E-state index contributed by atoms with van der Waals surface area (Å²) in [4.78, 5) is 16.7. The molecule has 140 valence electrons. The van der Waals surface area contributed by atoms with E-state index in [1.807, 2.05) is 12.1 Å². The predicted molar refractivity (Wildman–Crippen MR) is 95.8 cm³/mol. The van der Waals surface area contributed by atoms with E-state index >= 15 is 0 Å². The summed E-state index contributed by atoms with van der Waals surface area (Å²) >= 11 is 0. The number of aromatic nitrogens is 5. The zero-order valence-corrected chi connectivity index (χ0v) is 14.7. The molecular formula is C19H15FN6O2. The minimum atomic E-state index is -0.390. The number of benzene rings is 1. The van der Waals surface area contributed by atoms with Gasteiger partial charge in [-0.3, -0.25) is 9.20 Å². The molecular weight excluding hydrogens is 363 g/mol. The molecule has 3 heterocycles. The van der Waals surface area contributed by atoms with E-state index in [0.29, 0.717) is 34.4 Å². The fourth-order valence-electron chi connectivity index (χ4n) is 2.97. The Bertz CT molecular complexity index is 1160. The van der Waals surface area contributed by atoms with Crippen molar-refractivity contribution in [3.05, 3.63) is 65.6 Å². The number of pyridine rings is 1. The summed E-state index contributed by atoms with van der Waals surface area (Å²) in [6.07, 6.45) is 3.98. The third-order valence-electron chi connectivity index (χ3n) is 4.63. The normalized spacial score (nSPS) is 13.8. The molecule has 1 aromatic carbocycles. The summed E-state index contributed by atoms with van der Waals surface area (Å²) in [6.45, 7) is 0.165. The molecule has 28 heavy (non-hydrogen) atoms. The maximum atomic E-state index is 13.0. The quantitative estimate of drug-likeness (QED) is 0.573. The zero-order valence-electron chi connectivity index (χ0n) is 14.7. The highest BCUT2D eigenvalue weighted by Gasteiger charge is 2.29. The minimum absolute atomic E-state index is 0.165. The molecule has 8 nitrogen and oxygen atoms in total. The van der Waals surface area contributed by atoms with Crippen LogP contribution in [0.1, 0.15) is 40.8 Å². The van der Waals surface area contributed by atoms with Crippen molar-refractivity contribution in [2.75, 3.05) is 0 Å². The third-order valence-corrected chi connectivity index (χ3v) is 4.63. The van der Waals surface area contributed by atoms with Crippen LogP contribution in [0.15, 0.2) is 47.1 Å². The molecule has 0 atom stereocenters. The Hall–Kier alpha value is -3.62. The molecule has 9 heteroatoms. The second-order valence-corrected chi connectivity index (χ2v) is 6.65. The largest absolute Gasteiger partial charge is 0.345 e. The summed E-state index contributed by atoms with van der Waals surface area (Å²) < 4.78 is 20.1. The van der Waals surface area contributed by atoms with Gasteiger partial charge in [0.2, 0.25) is 0 Å². The average molecular weight is 378 g/mol. The van der Waals surface area contributed by atoms with E-state index in [9.17, 15) is 9.18 Å². The molecule has 1 saturated carbocycles. The Labute approximate surface area is 158 Å². The molecule has 5 rings (SSSR count). The highest BCUT2D eigenvalue weighted by molar-refractivity contribution is 5.94. The molecule has 0 aliphatic heterocycles. The first-order valence-corrected chi connectivity index (χ1v) is 8.89. The second-order valence-electron chi connectivity index (χ2n) is 6.65. The summed E-state index contributed by atoms with van der Waals surface area (Å²) in [5, 5.41) is 15.2. The number of nitrogens with one attached hydrogen (secondary N) is 1. The van der Waals surface area contributed by atoms with Crippen LogP contribution in [0.3, 0.4) is 0 Å². The van der Waals surface area contributed by atoms with Crippen molar-refractivity contribution >= 4 is 11.6 Å². The van der Waals surface area contributed by atoms with Crippen molar-refractivity contribution in [3.63, 3.8) is 0 Å². The Kier molecular flexibility index (Phi) is 3.85. The molecule has 1 aliphatic rings. The van der Waals surface area contributed by atoms with Gasteiger partial charge in [-0.15, -0.1) is 10.2 Å². The van der Waals surface area contributed by atoms with Crippen LogP contribution in [0.2, 0.25) is 0 Å². The van der Waals surface area contributed by atoms with Crippen molar-refractivity contribution in [1.29, 1.82) is 0 Å². The van der Waals surface area contributed by atoms with Crippen molar-refractivity contribution in [2.24, 2.45) is 0 Å². The first-order valence-electron chi connectivity index (χ1n) is 8.89. The van der Waals surface area contributed by atoms with Crippen LogP contribution in [0, 0.1) is 5.82 Å². The number of carbonyl (C=O) groups is 1. The molecule has 0 saturated heterocycles. The van der Waals surface area contributed by atoms with E-state index in [4.69, 9.17) is 4.52 Å². The zero-order chi connectivity index (χ0) is 19.1. The van der Waals surface area contributed by atoms with E-state index < -0.39 is 5.82 Å². The number of hydrogen-bond acceptors (Lipinski definition) is 6. The summed E-state index contributed by atoms with van der Waals surface area (Å²) in [7, 11) is 0. The number of fused-ring (bicyclic) bond motifs is 1. The van der Waals surface area contributed by atoms with Crippen LogP contribution >= 0.6 is 0 Å². The van der Waals surface area contributed by atoms with Gasteiger partial charge in [0, 0.05) is 17.7 Å². The Morgan fingerprint density at radius 1 is 1.21 bits per heavy atom. The van der Waals surface area contributed by atoms with Gasteiger partial charge in [-0.05, 0) is 49.2 Å². The number of hydrogen-bond donors (Lipinski definition) is 1. The highest BCUT2D eigenvalue weighted by atomic mass is 19.1. The van der Waals surface area contributed by atoms with Crippen LogP contribution in [-0.4, -0.2) is 30.6 Å². The van der Waals surface area contributed by atoms with Gasteiger partial charge >= 0.3 is 0 Å². The summed E-state index contributed by atoms with van der Waals surface area (Å²) in [6, 6.07) is 9.02. The minimum Gasteiger partial charge on any atom is -0.345 e. The van der Waals surface area contributed by atoms with E-state index in [1.54, 1.807) is 10.6 Å². The fraction of sp³-hybridized carbons (Fsp3) is 0.211. The lowest BCUT2D eigenvalue weighted by atomic mass is 10.2. The van der Waals surface area contributed by atoms with E-state index in [2.05, 4.69) is 25.7 Å². The Morgan fingerprint density at radius 2 is 2.04 bits per heavy atom. The highest BCUT2D eigenvalue weighted by Crippen LogP contribution is 2.39. The van der Waals surface area contributed by atoms with Crippen molar-refractivity contribution in [3.8, 4) is 11.5 Å². The van der Waals surface area contributed by atoms with Gasteiger partial charge in [-0.1, -0.05) is 5.16 Å². The smallest absolute Gasteiger partial charge is 0.261 e. The van der Waals surface area contributed by atoms with Gasteiger partial charge in [-0.2, -0.15) is 4.98 Å². The lowest BCUT2D eigenvalue weighted by molar-refractivity contribution is 0.0949.